The Hall–Kier alpha value is -2.31. The van der Waals surface area contributed by atoms with E-state index in [1.54, 1.807) is 19.1 Å². The Morgan fingerprint density at radius 2 is 1.92 bits per heavy atom. The van der Waals surface area contributed by atoms with E-state index in [9.17, 15) is 4.79 Å². The van der Waals surface area contributed by atoms with Crippen LogP contribution in [-0.2, 0) is 4.79 Å². The van der Waals surface area contributed by atoms with Crippen molar-refractivity contribution in [2.24, 2.45) is 0 Å². The molecule has 5 nitrogen and oxygen atoms in total. The summed E-state index contributed by atoms with van der Waals surface area (Å²) in [6.07, 6.45) is 0. The fraction of sp³-hybridized carbons (Fsp3) is 0.167. The minimum Gasteiger partial charge on any atom is -0.411 e. The molecule has 0 bridgehead atoms. The van der Waals surface area contributed by atoms with Crippen LogP contribution in [0.15, 0.2) is 58.2 Å². The smallest absolute Gasteiger partial charge is 0.277 e. The van der Waals surface area contributed by atoms with Gasteiger partial charge < -0.3 is 9.73 Å². The topological polar surface area (TPSA) is 68.0 Å². The third kappa shape index (κ3) is 4.21. The van der Waals surface area contributed by atoms with Crippen LogP contribution in [0.5, 0.6) is 0 Å². The van der Waals surface area contributed by atoms with Crippen molar-refractivity contribution < 1.29 is 9.21 Å². The monoisotopic (exact) mass is 373 g/mol. The third-order valence-electron chi connectivity index (χ3n) is 3.60. The van der Waals surface area contributed by atoms with Gasteiger partial charge in [-0.2, -0.15) is 0 Å². The van der Waals surface area contributed by atoms with Gasteiger partial charge in [-0.25, -0.2) is 0 Å². The molecule has 0 unspecified atom stereocenters. The summed E-state index contributed by atoms with van der Waals surface area (Å²) in [5, 5.41) is 11.5. The average Bonchev–Trinajstić information content (AvgIpc) is 3.08. The SMILES string of the molecule is Cc1c(Cl)cccc1NC(=O)[C@H](C)Sc1nnc(-c2ccccc2)o1. The zero-order chi connectivity index (χ0) is 17.8. The van der Waals surface area contributed by atoms with Gasteiger partial charge in [-0.1, -0.05) is 47.6 Å². The number of amides is 1. The number of carbonyl (C=O) groups excluding carboxylic acids is 1. The molecule has 7 heteroatoms. The molecule has 1 atom stereocenters. The van der Waals surface area contributed by atoms with Crippen molar-refractivity contribution in [1.29, 1.82) is 0 Å². The van der Waals surface area contributed by atoms with Crippen LogP contribution in [0, 0.1) is 6.92 Å². The van der Waals surface area contributed by atoms with Crippen LogP contribution >= 0.6 is 23.4 Å². The zero-order valence-corrected chi connectivity index (χ0v) is 15.3. The molecule has 0 fully saturated rings. The minimum atomic E-state index is -0.401. The Labute approximate surface area is 154 Å². The largest absolute Gasteiger partial charge is 0.411 e. The molecule has 0 saturated heterocycles. The zero-order valence-electron chi connectivity index (χ0n) is 13.7. The molecule has 3 rings (SSSR count). The van der Waals surface area contributed by atoms with Gasteiger partial charge in [0.1, 0.15) is 0 Å². The van der Waals surface area contributed by atoms with Gasteiger partial charge in [-0.15, -0.1) is 10.2 Å². The van der Waals surface area contributed by atoms with E-state index in [2.05, 4.69) is 15.5 Å². The molecule has 128 valence electrons. The Morgan fingerprint density at radius 1 is 1.16 bits per heavy atom. The molecule has 2 aromatic carbocycles. The van der Waals surface area contributed by atoms with Crippen LogP contribution in [0.2, 0.25) is 5.02 Å². The molecule has 1 amide bonds. The first kappa shape index (κ1) is 17.5. The quantitative estimate of drug-likeness (QED) is 0.649. The first-order chi connectivity index (χ1) is 12.0. The number of halogens is 1. The van der Waals surface area contributed by atoms with Gasteiger partial charge in [0.2, 0.25) is 11.8 Å². The standard InChI is InChI=1S/C18H16ClN3O2S/c1-11-14(19)9-6-10-15(11)20-16(23)12(2)25-18-22-21-17(24-18)13-7-4-3-5-8-13/h3-10,12H,1-2H3,(H,20,23)/t12-/m0/s1. The van der Waals surface area contributed by atoms with E-state index in [-0.39, 0.29) is 5.91 Å². The van der Waals surface area contributed by atoms with Gasteiger partial charge in [-0.05, 0) is 43.7 Å². The number of carbonyl (C=O) groups is 1. The molecule has 3 aromatic rings. The lowest BCUT2D eigenvalue weighted by Gasteiger charge is -2.12. The van der Waals surface area contributed by atoms with E-state index in [4.69, 9.17) is 16.0 Å². The maximum absolute atomic E-state index is 12.4. The second-order valence-electron chi connectivity index (χ2n) is 5.40. The number of benzene rings is 2. The van der Waals surface area contributed by atoms with E-state index in [1.807, 2.05) is 43.3 Å². The Kier molecular flexibility index (Phi) is 5.40. The Bertz CT molecular complexity index is 883. The van der Waals surface area contributed by atoms with Gasteiger partial charge in [0.25, 0.3) is 5.22 Å². The van der Waals surface area contributed by atoms with Gasteiger partial charge in [0.05, 0.1) is 5.25 Å². The second-order valence-corrected chi connectivity index (χ2v) is 7.10. The summed E-state index contributed by atoms with van der Waals surface area (Å²) in [7, 11) is 0. The van der Waals surface area contributed by atoms with Crippen molar-refractivity contribution >= 4 is 35.0 Å². The highest BCUT2D eigenvalue weighted by Gasteiger charge is 2.19. The highest BCUT2D eigenvalue weighted by atomic mass is 35.5. The van der Waals surface area contributed by atoms with Crippen LogP contribution in [-0.4, -0.2) is 21.4 Å². The fourth-order valence-electron chi connectivity index (χ4n) is 2.14. The predicted octanol–water partition coefficient (Wildman–Crippen LogP) is 4.82. The van der Waals surface area contributed by atoms with Gasteiger partial charge in [0, 0.05) is 16.3 Å². The molecule has 0 radical (unpaired) electrons. The summed E-state index contributed by atoms with van der Waals surface area (Å²) in [6.45, 7) is 3.65. The molecule has 0 aliphatic heterocycles. The number of thioether (sulfide) groups is 1. The maximum atomic E-state index is 12.4. The molecule has 1 aromatic heterocycles. The number of hydrogen-bond donors (Lipinski definition) is 1. The van der Waals surface area contributed by atoms with Crippen LogP contribution < -0.4 is 5.32 Å². The maximum Gasteiger partial charge on any atom is 0.277 e. The first-order valence-corrected chi connectivity index (χ1v) is 8.92. The summed E-state index contributed by atoms with van der Waals surface area (Å²) < 4.78 is 5.62. The number of rotatable bonds is 5. The van der Waals surface area contributed by atoms with Crippen LogP contribution in [0.3, 0.4) is 0 Å². The molecular weight excluding hydrogens is 358 g/mol. The van der Waals surface area contributed by atoms with E-state index in [1.165, 1.54) is 11.8 Å². The number of aromatic nitrogens is 2. The molecule has 0 saturated carbocycles. The van der Waals surface area contributed by atoms with Crippen molar-refractivity contribution in [2.75, 3.05) is 5.32 Å². The van der Waals surface area contributed by atoms with Crippen molar-refractivity contribution in [3.05, 3.63) is 59.1 Å². The second kappa shape index (κ2) is 7.72. The van der Waals surface area contributed by atoms with Gasteiger partial charge in [0.15, 0.2) is 0 Å². The van der Waals surface area contributed by atoms with E-state index in [0.717, 1.165) is 11.1 Å². The van der Waals surface area contributed by atoms with Gasteiger partial charge in [-0.3, -0.25) is 4.79 Å². The van der Waals surface area contributed by atoms with Crippen LogP contribution in [0.25, 0.3) is 11.5 Å². The summed E-state index contributed by atoms with van der Waals surface area (Å²) in [5.41, 5.74) is 2.37. The number of nitrogens with one attached hydrogen (secondary N) is 1. The van der Waals surface area contributed by atoms with E-state index < -0.39 is 5.25 Å². The van der Waals surface area contributed by atoms with Crippen molar-refractivity contribution in [3.63, 3.8) is 0 Å². The summed E-state index contributed by atoms with van der Waals surface area (Å²) in [5.74, 6) is 0.274. The lowest BCUT2D eigenvalue weighted by molar-refractivity contribution is -0.115. The lowest BCUT2D eigenvalue weighted by atomic mass is 10.2. The lowest BCUT2D eigenvalue weighted by Crippen LogP contribution is -2.22. The van der Waals surface area contributed by atoms with Crippen molar-refractivity contribution in [2.45, 2.75) is 24.3 Å². The summed E-state index contributed by atoms with van der Waals surface area (Å²) in [6, 6.07) is 14.9. The van der Waals surface area contributed by atoms with Gasteiger partial charge >= 0.3 is 0 Å². The number of hydrogen-bond acceptors (Lipinski definition) is 5. The van der Waals surface area contributed by atoms with Crippen molar-refractivity contribution in [3.8, 4) is 11.5 Å². The van der Waals surface area contributed by atoms with E-state index in [0.29, 0.717) is 21.8 Å². The van der Waals surface area contributed by atoms with Crippen LogP contribution in [0.1, 0.15) is 12.5 Å². The minimum absolute atomic E-state index is 0.158. The normalized spacial score (nSPS) is 12.0. The van der Waals surface area contributed by atoms with E-state index >= 15 is 0 Å². The summed E-state index contributed by atoms with van der Waals surface area (Å²) in [4.78, 5) is 12.4. The molecule has 25 heavy (non-hydrogen) atoms. The Morgan fingerprint density at radius 3 is 2.68 bits per heavy atom. The molecule has 0 aliphatic carbocycles. The molecule has 0 spiro atoms. The molecular formula is C18H16ClN3O2S. The third-order valence-corrected chi connectivity index (χ3v) is 4.94. The summed E-state index contributed by atoms with van der Waals surface area (Å²) >= 11 is 7.29. The fourth-order valence-corrected chi connectivity index (χ4v) is 2.99. The molecule has 0 aliphatic rings. The molecule has 1 N–H and O–H groups in total. The number of nitrogens with zero attached hydrogens (tertiary/aromatic N) is 2. The number of anilines is 1. The molecule has 1 heterocycles. The van der Waals surface area contributed by atoms with Crippen LogP contribution in [0.4, 0.5) is 5.69 Å². The Balaban J connectivity index is 1.66. The highest BCUT2D eigenvalue weighted by Crippen LogP contribution is 2.28. The first-order valence-electron chi connectivity index (χ1n) is 7.66. The highest BCUT2D eigenvalue weighted by molar-refractivity contribution is 8.00. The average molecular weight is 374 g/mol. The predicted molar refractivity (Wildman–Crippen MR) is 99.9 cm³/mol. The van der Waals surface area contributed by atoms with Crippen molar-refractivity contribution in [1.82, 2.24) is 10.2 Å².